The number of nitrogens with one attached hydrogen (secondary N) is 2. The molecule has 1 aliphatic heterocycles. The first-order valence-corrected chi connectivity index (χ1v) is 8.88. The molecule has 2 N–H and O–H groups in total. The Hall–Kier alpha value is -1.63. The van der Waals surface area contributed by atoms with Crippen molar-refractivity contribution in [2.24, 2.45) is 4.99 Å². The molecule has 1 saturated carbocycles. The minimum Gasteiger partial charge on any atom is -0.376 e. The molecule has 7 heteroatoms. The highest BCUT2D eigenvalue weighted by Gasteiger charge is 2.22. The van der Waals surface area contributed by atoms with E-state index in [0.717, 1.165) is 50.9 Å². The summed E-state index contributed by atoms with van der Waals surface area (Å²) in [6.07, 6.45) is 9.03. The van der Waals surface area contributed by atoms with Crippen LogP contribution in [-0.2, 0) is 17.7 Å². The number of guanidine groups is 1. The molecule has 2 aliphatic rings. The normalized spacial score (nSPS) is 22.1. The summed E-state index contributed by atoms with van der Waals surface area (Å²) in [5.41, 5.74) is 0. The highest BCUT2D eigenvalue weighted by molar-refractivity contribution is 5.80. The summed E-state index contributed by atoms with van der Waals surface area (Å²) in [5.74, 6) is 1.93. The smallest absolute Gasteiger partial charge is 0.191 e. The van der Waals surface area contributed by atoms with Crippen LogP contribution in [0.3, 0.4) is 0 Å². The fourth-order valence-electron chi connectivity index (χ4n) is 2.75. The zero-order chi connectivity index (χ0) is 15.9. The third-order valence-corrected chi connectivity index (χ3v) is 4.30. The number of ether oxygens (including phenoxy) is 1. The van der Waals surface area contributed by atoms with Crippen LogP contribution in [0.1, 0.15) is 44.9 Å². The number of aliphatic imine (C=N–C) groups is 1. The van der Waals surface area contributed by atoms with Gasteiger partial charge in [-0.25, -0.2) is 0 Å². The van der Waals surface area contributed by atoms with Gasteiger partial charge in [-0.1, -0.05) is 6.92 Å². The van der Waals surface area contributed by atoms with Gasteiger partial charge in [0.25, 0.3) is 0 Å². The fraction of sp³-hybridized carbons (Fsp3) is 0.812. The average molecular weight is 320 g/mol. The van der Waals surface area contributed by atoms with Crippen LogP contribution in [0.15, 0.2) is 11.3 Å². The van der Waals surface area contributed by atoms with Crippen LogP contribution in [-0.4, -0.2) is 52.6 Å². The molecule has 0 aromatic carbocycles. The number of aromatic nitrogens is 3. The van der Waals surface area contributed by atoms with Gasteiger partial charge in [-0.3, -0.25) is 4.99 Å². The summed E-state index contributed by atoms with van der Waals surface area (Å²) in [4.78, 5) is 4.72. The van der Waals surface area contributed by atoms with E-state index in [4.69, 9.17) is 9.73 Å². The Bertz CT molecular complexity index is 504. The third-order valence-electron chi connectivity index (χ3n) is 4.30. The summed E-state index contributed by atoms with van der Waals surface area (Å²) in [5, 5.41) is 15.0. The van der Waals surface area contributed by atoms with Crippen molar-refractivity contribution in [2.75, 3.05) is 19.7 Å². The van der Waals surface area contributed by atoms with Gasteiger partial charge < -0.3 is 19.9 Å². The molecule has 23 heavy (non-hydrogen) atoms. The monoisotopic (exact) mass is 320 g/mol. The van der Waals surface area contributed by atoms with Crippen molar-refractivity contribution in [3.63, 3.8) is 0 Å². The largest absolute Gasteiger partial charge is 0.376 e. The molecule has 1 saturated heterocycles. The van der Waals surface area contributed by atoms with Crippen LogP contribution in [0.2, 0.25) is 0 Å². The average Bonchev–Trinajstić information content (AvgIpc) is 3.29. The summed E-state index contributed by atoms with van der Waals surface area (Å²) >= 11 is 0. The van der Waals surface area contributed by atoms with Gasteiger partial charge in [0.1, 0.15) is 12.2 Å². The van der Waals surface area contributed by atoms with Crippen molar-refractivity contribution in [3.05, 3.63) is 12.2 Å². The van der Waals surface area contributed by atoms with Crippen LogP contribution in [0.5, 0.6) is 0 Å². The summed E-state index contributed by atoms with van der Waals surface area (Å²) in [6.45, 7) is 5.39. The highest BCUT2D eigenvalue weighted by atomic mass is 16.5. The SMILES string of the molecule is CCc1nncn1CCNC(=NCC1CCCCO1)NC1CC1. The first-order valence-electron chi connectivity index (χ1n) is 8.88. The van der Waals surface area contributed by atoms with Crippen LogP contribution in [0.25, 0.3) is 0 Å². The molecule has 3 rings (SSSR count). The molecule has 1 aromatic rings. The molecule has 2 fully saturated rings. The van der Waals surface area contributed by atoms with Crippen LogP contribution in [0.4, 0.5) is 0 Å². The highest BCUT2D eigenvalue weighted by Crippen LogP contribution is 2.18. The zero-order valence-corrected chi connectivity index (χ0v) is 14.0. The molecule has 1 aromatic heterocycles. The van der Waals surface area contributed by atoms with Gasteiger partial charge in [-0.2, -0.15) is 0 Å². The lowest BCUT2D eigenvalue weighted by molar-refractivity contribution is 0.0224. The lowest BCUT2D eigenvalue weighted by atomic mass is 10.1. The first-order chi connectivity index (χ1) is 11.3. The molecule has 7 nitrogen and oxygen atoms in total. The van der Waals surface area contributed by atoms with Crippen LogP contribution >= 0.6 is 0 Å². The Morgan fingerprint density at radius 3 is 3.04 bits per heavy atom. The van der Waals surface area contributed by atoms with Gasteiger partial charge in [-0.15, -0.1) is 10.2 Å². The van der Waals surface area contributed by atoms with Crippen molar-refractivity contribution in [1.82, 2.24) is 25.4 Å². The fourth-order valence-corrected chi connectivity index (χ4v) is 2.75. The lowest BCUT2D eigenvalue weighted by Gasteiger charge is -2.21. The number of aryl methyl sites for hydroxylation is 1. The van der Waals surface area contributed by atoms with Crippen molar-refractivity contribution < 1.29 is 4.74 Å². The molecule has 0 radical (unpaired) electrons. The van der Waals surface area contributed by atoms with Crippen molar-refractivity contribution in [2.45, 2.75) is 64.1 Å². The maximum atomic E-state index is 5.76. The predicted octanol–water partition coefficient (Wildman–Crippen LogP) is 1.11. The van der Waals surface area contributed by atoms with E-state index in [1.54, 1.807) is 6.33 Å². The van der Waals surface area contributed by atoms with E-state index in [1.165, 1.54) is 25.7 Å². The maximum Gasteiger partial charge on any atom is 0.191 e. The van der Waals surface area contributed by atoms with Crippen molar-refractivity contribution >= 4 is 5.96 Å². The van der Waals surface area contributed by atoms with Gasteiger partial charge in [0.2, 0.25) is 0 Å². The Kier molecular flexibility index (Phi) is 5.85. The topological polar surface area (TPSA) is 76.4 Å². The Balaban J connectivity index is 1.47. The van der Waals surface area contributed by atoms with Gasteiger partial charge in [0.05, 0.1) is 12.6 Å². The minimum absolute atomic E-state index is 0.283. The third kappa shape index (κ3) is 5.20. The Morgan fingerprint density at radius 2 is 2.30 bits per heavy atom. The van der Waals surface area contributed by atoms with E-state index >= 15 is 0 Å². The molecule has 1 aliphatic carbocycles. The lowest BCUT2D eigenvalue weighted by Crippen LogP contribution is -2.41. The van der Waals surface area contributed by atoms with E-state index in [9.17, 15) is 0 Å². The van der Waals surface area contributed by atoms with Gasteiger partial charge in [-0.05, 0) is 32.1 Å². The van der Waals surface area contributed by atoms with E-state index in [0.29, 0.717) is 6.04 Å². The van der Waals surface area contributed by atoms with Crippen LogP contribution < -0.4 is 10.6 Å². The number of rotatable bonds is 7. The molecule has 1 atom stereocenters. The van der Waals surface area contributed by atoms with E-state index < -0.39 is 0 Å². The number of hydrogen-bond donors (Lipinski definition) is 2. The molecule has 128 valence electrons. The minimum atomic E-state index is 0.283. The van der Waals surface area contributed by atoms with Gasteiger partial charge in [0, 0.05) is 32.2 Å². The standard InChI is InChI=1S/C16H28N6O/c1-2-15-21-19-12-22(15)9-8-17-16(20-13-6-7-13)18-11-14-5-3-4-10-23-14/h12-14H,2-11H2,1H3,(H2,17,18,20). The van der Waals surface area contributed by atoms with Crippen molar-refractivity contribution in [3.8, 4) is 0 Å². The maximum absolute atomic E-state index is 5.76. The Labute approximate surface area is 137 Å². The second kappa shape index (κ2) is 8.29. The molecule has 0 spiro atoms. The second-order valence-corrected chi connectivity index (χ2v) is 6.32. The first kappa shape index (κ1) is 16.2. The van der Waals surface area contributed by atoms with Crippen molar-refractivity contribution in [1.29, 1.82) is 0 Å². The summed E-state index contributed by atoms with van der Waals surface area (Å²) < 4.78 is 7.85. The second-order valence-electron chi connectivity index (χ2n) is 6.32. The van der Waals surface area contributed by atoms with Gasteiger partial charge >= 0.3 is 0 Å². The molecular formula is C16H28N6O. The molecule has 1 unspecified atom stereocenters. The van der Waals surface area contributed by atoms with E-state index in [-0.39, 0.29) is 6.10 Å². The predicted molar refractivity (Wildman–Crippen MR) is 89.5 cm³/mol. The number of nitrogens with zero attached hydrogens (tertiary/aromatic N) is 4. The Morgan fingerprint density at radius 1 is 1.39 bits per heavy atom. The summed E-state index contributed by atoms with van der Waals surface area (Å²) in [7, 11) is 0. The van der Waals surface area contributed by atoms with E-state index in [2.05, 4.69) is 32.3 Å². The molecule has 0 amide bonds. The summed E-state index contributed by atoms with van der Waals surface area (Å²) in [6, 6.07) is 0.592. The molecule has 0 bridgehead atoms. The quantitative estimate of drug-likeness (QED) is 0.581. The molecular weight excluding hydrogens is 292 g/mol. The van der Waals surface area contributed by atoms with Crippen LogP contribution in [0, 0.1) is 0 Å². The number of hydrogen-bond acceptors (Lipinski definition) is 4. The van der Waals surface area contributed by atoms with Gasteiger partial charge in [0.15, 0.2) is 5.96 Å². The zero-order valence-electron chi connectivity index (χ0n) is 14.0. The van der Waals surface area contributed by atoms with E-state index in [1.807, 2.05) is 0 Å². The molecule has 2 heterocycles.